The number of hydrogen-bond donors (Lipinski definition) is 2. The largest absolute Gasteiger partial charge is 0.481 e. The van der Waals surface area contributed by atoms with Crippen LogP contribution in [0.4, 0.5) is 0 Å². The molecule has 2 N–H and O–H groups in total. The molecule has 6 heteroatoms. The van der Waals surface area contributed by atoms with Crippen molar-refractivity contribution in [2.75, 3.05) is 33.2 Å². The zero-order valence-electron chi connectivity index (χ0n) is 12.1. The Morgan fingerprint density at radius 2 is 1.89 bits per heavy atom. The number of aliphatic hydroxyl groups is 1. The van der Waals surface area contributed by atoms with Crippen LogP contribution in [0.5, 0.6) is 0 Å². The number of likely N-dealkylation sites (N-methyl/N-ethyl adjacent to an activating group) is 1. The zero-order valence-corrected chi connectivity index (χ0v) is 12.1. The minimum Gasteiger partial charge on any atom is -0.481 e. The molecule has 0 saturated carbocycles. The van der Waals surface area contributed by atoms with Gasteiger partial charge in [0.2, 0.25) is 5.91 Å². The number of unbranched alkanes of at least 4 members (excludes halogenated alkanes) is 1. The Labute approximate surface area is 115 Å². The van der Waals surface area contributed by atoms with Crippen LogP contribution in [-0.4, -0.2) is 71.2 Å². The lowest BCUT2D eigenvalue weighted by atomic mass is 10.3. The Kier molecular flexibility index (Phi) is 9.16. The molecule has 0 aromatic heterocycles. The van der Waals surface area contributed by atoms with Crippen molar-refractivity contribution in [3.8, 4) is 0 Å². The number of rotatable bonds is 10. The number of nitrogens with zero attached hydrogens (tertiary/aromatic N) is 2. The summed E-state index contributed by atoms with van der Waals surface area (Å²) in [5.74, 6) is -0.943. The quantitative estimate of drug-likeness (QED) is 0.603. The Hall–Kier alpha value is -1.14. The molecule has 1 unspecified atom stereocenters. The summed E-state index contributed by atoms with van der Waals surface area (Å²) in [6.45, 7) is 5.12. The second-order valence-corrected chi connectivity index (χ2v) is 4.90. The highest BCUT2D eigenvalue weighted by atomic mass is 16.4. The normalized spacial score (nSPS) is 12.5. The molecule has 112 valence electrons. The van der Waals surface area contributed by atoms with E-state index in [2.05, 4.69) is 6.92 Å². The fraction of sp³-hybridized carbons (Fsp3) is 0.846. The van der Waals surface area contributed by atoms with Crippen LogP contribution in [0.1, 0.15) is 33.1 Å². The average molecular weight is 274 g/mol. The molecule has 0 spiro atoms. The first-order valence-corrected chi connectivity index (χ1v) is 6.73. The summed E-state index contributed by atoms with van der Waals surface area (Å²) >= 11 is 0. The molecule has 0 saturated heterocycles. The first-order valence-electron chi connectivity index (χ1n) is 6.73. The van der Waals surface area contributed by atoms with Crippen molar-refractivity contribution < 1.29 is 19.8 Å². The van der Waals surface area contributed by atoms with Crippen molar-refractivity contribution in [1.29, 1.82) is 0 Å². The molecule has 0 fully saturated rings. The third-order valence-electron chi connectivity index (χ3n) is 2.80. The van der Waals surface area contributed by atoms with E-state index in [1.54, 1.807) is 23.8 Å². The minimum absolute atomic E-state index is 0.0291. The summed E-state index contributed by atoms with van der Waals surface area (Å²) in [5.41, 5.74) is 0. The third kappa shape index (κ3) is 9.44. The smallest absolute Gasteiger partial charge is 0.304 e. The molecular formula is C13H26N2O4. The van der Waals surface area contributed by atoms with Gasteiger partial charge in [0.1, 0.15) is 0 Å². The number of carboxylic acid groups (broad SMARTS) is 1. The molecule has 0 aliphatic carbocycles. The lowest BCUT2D eigenvalue weighted by Crippen LogP contribution is -2.42. The predicted octanol–water partition coefficient (Wildman–Crippen LogP) is 0.402. The molecule has 1 amide bonds. The topological polar surface area (TPSA) is 81.1 Å². The van der Waals surface area contributed by atoms with Crippen LogP contribution in [0.2, 0.25) is 0 Å². The second kappa shape index (κ2) is 9.75. The van der Waals surface area contributed by atoms with Gasteiger partial charge in [-0.25, -0.2) is 0 Å². The van der Waals surface area contributed by atoms with Gasteiger partial charge < -0.3 is 15.1 Å². The van der Waals surface area contributed by atoms with E-state index in [0.717, 1.165) is 12.8 Å². The van der Waals surface area contributed by atoms with Crippen molar-refractivity contribution in [2.24, 2.45) is 0 Å². The molecule has 0 aliphatic rings. The Morgan fingerprint density at radius 1 is 1.26 bits per heavy atom. The number of carbonyl (C=O) groups excluding carboxylic acids is 1. The maximum absolute atomic E-state index is 11.9. The van der Waals surface area contributed by atoms with Gasteiger partial charge in [-0.2, -0.15) is 0 Å². The second-order valence-electron chi connectivity index (χ2n) is 4.90. The monoisotopic (exact) mass is 274 g/mol. The Balaban J connectivity index is 4.28. The van der Waals surface area contributed by atoms with Gasteiger partial charge >= 0.3 is 5.97 Å². The highest BCUT2D eigenvalue weighted by Gasteiger charge is 2.16. The fourth-order valence-electron chi connectivity index (χ4n) is 1.69. The van der Waals surface area contributed by atoms with E-state index < -0.39 is 12.1 Å². The number of hydrogen-bond acceptors (Lipinski definition) is 4. The Morgan fingerprint density at radius 3 is 2.37 bits per heavy atom. The van der Waals surface area contributed by atoms with Gasteiger partial charge in [0.25, 0.3) is 0 Å². The maximum Gasteiger partial charge on any atom is 0.304 e. The highest BCUT2D eigenvalue weighted by Crippen LogP contribution is 1.99. The molecule has 1 atom stereocenters. The van der Waals surface area contributed by atoms with Crippen LogP contribution in [0.3, 0.4) is 0 Å². The fourth-order valence-corrected chi connectivity index (χ4v) is 1.69. The van der Waals surface area contributed by atoms with Crippen molar-refractivity contribution >= 4 is 11.9 Å². The van der Waals surface area contributed by atoms with Crippen molar-refractivity contribution in [1.82, 2.24) is 9.80 Å². The maximum atomic E-state index is 11.9. The number of aliphatic hydroxyl groups excluding tert-OH is 1. The van der Waals surface area contributed by atoms with E-state index in [1.807, 2.05) is 0 Å². The summed E-state index contributed by atoms with van der Waals surface area (Å²) in [6.07, 6.45) is 1.36. The summed E-state index contributed by atoms with van der Waals surface area (Å²) in [5, 5.41) is 18.0. The molecule has 0 radical (unpaired) electrons. The van der Waals surface area contributed by atoms with E-state index in [9.17, 15) is 14.7 Å². The number of amides is 1. The lowest BCUT2D eigenvalue weighted by molar-refractivity contribution is -0.138. The first-order chi connectivity index (χ1) is 8.86. The molecule has 0 aromatic rings. The molecule has 0 rings (SSSR count). The molecule has 0 aromatic carbocycles. The van der Waals surface area contributed by atoms with Gasteiger partial charge in [-0.15, -0.1) is 0 Å². The van der Waals surface area contributed by atoms with Crippen LogP contribution < -0.4 is 0 Å². The molecule has 0 heterocycles. The van der Waals surface area contributed by atoms with Gasteiger partial charge in [-0.1, -0.05) is 13.3 Å². The molecular weight excluding hydrogens is 248 g/mol. The summed E-state index contributed by atoms with van der Waals surface area (Å²) in [6, 6.07) is 0. The van der Waals surface area contributed by atoms with Crippen LogP contribution in [0.25, 0.3) is 0 Å². The van der Waals surface area contributed by atoms with Gasteiger partial charge in [-0.3, -0.25) is 14.5 Å². The summed E-state index contributed by atoms with van der Waals surface area (Å²) in [7, 11) is 1.75. The Bertz CT molecular complexity index is 282. The lowest BCUT2D eigenvalue weighted by Gasteiger charge is -2.25. The van der Waals surface area contributed by atoms with Gasteiger partial charge in [0.15, 0.2) is 0 Å². The van der Waals surface area contributed by atoms with Crippen molar-refractivity contribution in [2.45, 2.75) is 39.2 Å². The van der Waals surface area contributed by atoms with Gasteiger partial charge in [-0.05, 0) is 13.3 Å². The summed E-state index contributed by atoms with van der Waals surface area (Å²) in [4.78, 5) is 25.8. The number of carboxylic acids is 1. The molecule has 6 nitrogen and oxygen atoms in total. The van der Waals surface area contributed by atoms with Crippen molar-refractivity contribution in [3.63, 3.8) is 0 Å². The first kappa shape index (κ1) is 17.9. The van der Waals surface area contributed by atoms with E-state index in [4.69, 9.17) is 5.11 Å². The standard InChI is InChI=1S/C13H26N2O4/c1-4-5-7-14(3)12(17)10-15(9-11(2)16)8-6-13(18)19/h11,16H,4-10H2,1-3H3,(H,18,19). The van der Waals surface area contributed by atoms with Crippen molar-refractivity contribution in [3.05, 3.63) is 0 Å². The number of carbonyl (C=O) groups is 2. The zero-order chi connectivity index (χ0) is 14.8. The molecule has 0 bridgehead atoms. The van der Waals surface area contributed by atoms with Gasteiger partial charge in [0.05, 0.1) is 19.1 Å². The van der Waals surface area contributed by atoms with Crippen LogP contribution in [0, 0.1) is 0 Å². The van der Waals surface area contributed by atoms with Crippen LogP contribution in [0.15, 0.2) is 0 Å². The minimum atomic E-state index is -0.901. The van der Waals surface area contributed by atoms with E-state index in [1.165, 1.54) is 0 Å². The SMILES string of the molecule is CCCCN(C)C(=O)CN(CCC(=O)O)CC(C)O. The van der Waals surface area contributed by atoms with E-state index in [-0.39, 0.29) is 25.4 Å². The molecule has 0 aliphatic heterocycles. The average Bonchev–Trinajstić information content (AvgIpc) is 2.32. The summed E-state index contributed by atoms with van der Waals surface area (Å²) < 4.78 is 0. The van der Waals surface area contributed by atoms with Crippen LogP contribution >= 0.6 is 0 Å². The third-order valence-corrected chi connectivity index (χ3v) is 2.80. The van der Waals surface area contributed by atoms with E-state index >= 15 is 0 Å². The van der Waals surface area contributed by atoms with Gasteiger partial charge in [0, 0.05) is 26.7 Å². The number of aliphatic carboxylic acids is 1. The van der Waals surface area contributed by atoms with Crippen LogP contribution in [-0.2, 0) is 9.59 Å². The predicted molar refractivity (Wildman–Crippen MR) is 72.9 cm³/mol. The van der Waals surface area contributed by atoms with E-state index in [0.29, 0.717) is 13.1 Å². The highest BCUT2D eigenvalue weighted by molar-refractivity contribution is 5.78. The molecule has 19 heavy (non-hydrogen) atoms.